The van der Waals surface area contributed by atoms with Crippen LogP contribution in [-0.4, -0.2) is 27.8 Å². The number of nitrogens with zero attached hydrogens (tertiary/aromatic N) is 3. The number of piperidine rings is 1. The van der Waals surface area contributed by atoms with Crippen molar-refractivity contribution < 1.29 is 4.39 Å². The molecule has 0 saturated carbocycles. The molecule has 0 bridgehead atoms. The van der Waals surface area contributed by atoms with E-state index in [4.69, 9.17) is 5.10 Å². The van der Waals surface area contributed by atoms with E-state index in [1.165, 1.54) is 30.0 Å². The van der Waals surface area contributed by atoms with Crippen LogP contribution < -0.4 is 5.32 Å². The first-order valence-electron chi connectivity index (χ1n) is 11.2. The first kappa shape index (κ1) is 19.3. The number of aromatic nitrogens is 2. The van der Waals surface area contributed by atoms with E-state index in [-0.39, 0.29) is 11.9 Å². The Labute approximate surface area is 177 Å². The minimum Gasteiger partial charge on any atom is -0.370 e. The highest BCUT2D eigenvalue weighted by molar-refractivity contribution is 5.55. The molecule has 0 amide bonds. The minimum atomic E-state index is -0.231. The monoisotopic (exact) mass is 404 g/mol. The summed E-state index contributed by atoms with van der Waals surface area (Å²) in [4.78, 5) is 2.57. The third-order valence-electron chi connectivity index (χ3n) is 6.40. The van der Waals surface area contributed by atoms with Crippen LogP contribution in [0.3, 0.4) is 0 Å². The van der Waals surface area contributed by atoms with Gasteiger partial charge in [0.1, 0.15) is 17.3 Å². The van der Waals surface area contributed by atoms with E-state index >= 15 is 0 Å². The van der Waals surface area contributed by atoms with Gasteiger partial charge in [0.2, 0.25) is 0 Å². The van der Waals surface area contributed by atoms with Gasteiger partial charge in [-0.2, -0.15) is 5.10 Å². The van der Waals surface area contributed by atoms with Gasteiger partial charge in [0.25, 0.3) is 0 Å². The zero-order valence-corrected chi connectivity index (χ0v) is 17.4. The Bertz CT molecular complexity index is 998. The van der Waals surface area contributed by atoms with Crippen LogP contribution in [0.1, 0.15) is 55.0 Å². The van der Waals surface area contributed by atoms with Gasteiger partial charge in [0.15, 0.2) is 0 Å². The summed E-state index contributed by atoms with van der Waals surface area (Å²) >= 11 is 0. The van der Waals surface area contributed by atoms with E-state index < -0.39 is 0 Å². The molecule has 0 spiro atoms. The minimum absolute atomic E-state index is 0.231. The smallest absolute Gasteiger partial charge is 0.148 e. The van der Waals surface area contributed by atoms with Gasteiger partial charge in [-0.1, -0.05) is 48.9 Å². The first-order chi connectivity index (χ1) is 14.8. The molecule has 156 valence electrons. The Morgan fingerprint density at radius 1 is 0.967 bits per heavy atom. The lowest BCUT2D eigenvalue weighted by molar-refractivity contribution is 0.136. The van der Waals surface area contributed by atoms with Crippen LogP contribution in [-0.2, 0) is 13.0 Å². The van der Waals surface area contributed by atoms with E-state index in [2.05, 4.69) is 40.5 Å². The van der Waals surface area contributed by atoms with Gasteiger partial charge in [-0.25, -0.2) is 9.07 Å². The number of hydrogen-bond acceptors (Lipinski definition) is 3. The van der Waals surface area contributed by atoms with Crippen molar-refractivity contribution in [2.45, 2.75) is 51.1 Å². The zero-order valence-electron chi connectivity index (χ0n) is 17.4. The molecule has 0 radical (unpaired) electrons. The number of rotatable bonds is 4. The largest absolute Gasteiger partial charge is 0.370 e. The van der Waals surface area contributed by atoms with Crippen molar-refractivity contribution in [1.82, 2.24) is 14.7 Å². The molecule has 30 heavy (non-hydrogen) atoms. The number of halogens is 1. The fraction of sp³-hybridized carbons (Fsp3) is 0.400. The maximum absolute atomic E-state index is 14.7. The summed E-state index contributed by atoms with van der Waals surface area (Å²) in [6.45, 7) is 2.92. The van der Waals surface area contributed by atoms with Gasteiger partial charge in [-0.15, -0.1) is 0 Å². The summed E-state index contributed by atoms with van der Waals surface area (Å²) in [5.74, 6) is 0.753. The van der Waals surface area contributed by atoms with Crippen LogP contribution in [0, 0.1) is 5.82 Å². The van der Waals surface area contributed by atoms with Crippen molar-refractivity contribution in [1.29, 1.82) is 0 Å². The van der Waals surface area contributed by atoms with E-state index in [1.54, 1.807) is 6.07 Å². The quantitative estimate of drug-likeness (QED) is 0.624. The molecule has 1 aromatic heterocycles. The maximum Gasteiger partial charge on any atom is 0.148 e. The second-order valence-electron chi connectivity index (χ2n) is 8.43. The Hall–Kier alpha value is -2.66. The first-order valence-corrected chi connectivity index (χ1v) is 11.2. The average Bonchev–Trinajstić information content (AvgIpc) is 2.96. The molecule has 2 aliphatic heterocycles. The second kappa shape index (κ2) is 8.60. The number of hydrogen-bond donors (Lipinski definition) is 1. The summed E-state index contributed by atoms with van der Waals surface area (Å²) in [7, 11) is 0. The maximum atomic E-state index is 14.7. The summed E-state index contributed by atoms with van der Waals surface area (Å²) in [5, 5.41) is 8.61. The molecule has 5 heteroatoms. The highest BCUT2D eigenvalue weighted by Gasteiger charge is 2.32. The molecule has 5 rings (SSSR count). The molecule has 0 aliphatic carbocycles. The molecule has 2 aromatic carbocycles. The van der Waals surface area contributed by atoms with Crippen LogP contribution in [0.4, 0.5) is 10.2 Å². The summed E-state index contributed by atoms with van der Waals surface area (Å²) in [6.07, 6.45) is 6.81. The van der Waals surface area contributed by atoms with Crippen molar-refractivity contribution in [3.05, 3.63) is 77.2 Å². The fourth-order valence-corrected chi connectivity index (χ4v) is 4.90. The van der Waals surface area contributed by atoms with E-state index in [1.807, 2.05) is 16.8 Å². The molecule has 3 heterocycles. The molecule has 1 atom stereocenters. The molecule has 3 aromatic rings. The summed E-state index contributed by atoms with van der Waals surface area (Å²) in [6, 6.07) is 17.9. The lowest BCUT2D eigenvalue weighted by Gasteiger charge is -2.35. The van der Waals surface area contributed by atoms with Gasteiger partial charge in [0.05, 0.1) is 11.7 Å². The third kappa shape index (κ3) is 3.74. The normalized spacial score (nSPS) is 19.7. The standard InChI is InChI=1S/C25H29FN4/c26-21-13-4-5-14-22(21)30-25-20(12-6-8-16-27-25)24(28-30)23-15-7-9-17-29(23)18-19-10-2-1-3-11-19/h1-5,10-11,13-14,23,27H,6-9,12,15-18H2. The number of nitrogens with one attached hydrogen (secondary N) is 1. The number of para-hydroxylation sites is 1. The highest BCUT2D eigenvalue weighted by Crippen LogP contribution is 2.38. The van der Waals surface area contributed by atoms with Gasteiger partial charge in [0, 0.05) is 18.7 Å². The van der Waals surface area contributed by atoms with E-state index in [0.717, 1.165) is 56.8 Å². The number of anilines is 1. The predicted molar refractivity (Wildman–Crippen MR) is 118 cm³/mol. The predicted octanol–water partition coefficient (Wildman–Crippen LogP) is 5.49. The van der Waals surface area contributed by atoms with E-state index in [9.17, 15) is 4.39 Å². The molecule has 4 nitrogen and oxygen atoms in total. The molecule has 2 aliphatic rings. The number of fused-ring (bicyclic) bond motifs is 1. The molecular formula is C25H29FN4. The van der Waals surface area contributed by atoms with Crippen LogP contribution in [0.2, 0.25) is 0 Å². The SMILES string of the molecule is Fc1ccccc1-n1nc(C2CCCCN2Cc2ccccc2)c2c1NCCCC2. The molecule has 1 fully saturated rings. The van der Waals surface area contributed by atoms with Crippen molar-refractivity contribution in [3.63, 3.8) is 0 Å². The van der Waals surface area contributed by atoms with Gasteiger partial charge < -0.3 is 5.32 Å². The van der Waals surface area contributed by atoms with Gasteiger partial charge in [-0.05, 0) is 56.3 Å². The Kier molecular flexibility index (Phi) is 5.54. The molecule has 1 N–H and O–H groups in total. The van der Waals surface area contributed by atoms with Crippen molar-refractivity contribution >= 4 is 5.82 Å². The van der Waals surface area contributed by atoms with Crippen LogP contribution >= 0.6 is 0 Å². The van der Waals surface area contributed by atoms with Gasteiger partial charge >= 0.3 is 0 Å². The second-order valence-corrected chi connectivity index (χ2v) is 8.43. The Morgan fingerprint density at radius 3 is 2.67 bits per heavy atom. The summed E-state index contributed by atoms with van der Waals surface area (Å²) < 4.78 is 16.5. The number of likely N-dealkylation sites (tertiary alicyclic amines) is 1. The Balaban J connectivity index is 1.56. The summed E-state index contributed by atoms with van der Waals surface area (Å²) in [5.41, 5.74) is 4.28. The molecule has 1 saturated heterocycles. The van der Waals surface area contributed by atoms with Crippen LogP contribution in [0.15, 0.2) is 54.6 Å². The highest BCUT2D eigenvalue weighted by atomic mass is 19.1. The lowest BCUT2D eigenvalue weighted by Crippen LogP contribution is -2.33. The molecule has 1 unspecified atom stereocenters. The lowest BCUT2D eigenvalue weighted by atomic mass is 9.94. The zero-order chi connectivity index (χ0) is 20.3. The average molecular weight is 405 g/mol. The van der Waals surface area contributed by atoms with Crippen molar-refractivity contribution in [2.75, 3.05) is 18.4 Å². The van der Waals surface area contributed by atoms with E-state index in [0.29, 0.717) is 5.69 Å². The Morgan fingerprint density at radius 2 is 1.80 bits per heavy atom. The fourth-order valence-electron chi connectivity index (χ4n) is 4.90. The van der Waals surface area contributed by atoms with Gasteiger partial charge in [-0.3, -0.25) is 4.90 Å². The van der Waals surface area contributed by atoms with Crippen LogP contribution in [0.25, 0.3) is 5.69 Å². The van der Waals surface area contributed by atoms with Crippen molar-refractivity contribution in [2.24, 2.45) is 0 Å². The van der Waals surface area contributed by atoms with Crippen molar-refractivity contribution in [3.8, 4) is 5.69 Å². The molecular weight excluding hydrogens is 375 g/mol. The van der Waals surface area contributed by atoms with Crippen LogP contribution in [0.5, 0.6) is 0 Å². The number of benzene rings is 2. The topological polar surface area (TPSA) is 33.1 Å². The third-order valence-corrected chi connectivity index (χ3v) is 6.40.